The molecule has 30 heavy (non-hydrogen) atoms. The highest BCUT2D eigenvalue weighted by Crippen LogP contribution is 2.30. The summed E-state index contributed by atoms with van der Waals surface area (Å²) in [5.41, 5.74) is 0.261. The lowest BCUT2D eigenvalue weighted by Gasteiger charge is -2.30. The Kier molecular flexibility index (Phi) is 7.49. The third kappa shape index (κ3) is 6.68. The van der Waals surface area contributed by atoms with Gasteiger partial charge >= 0.3 is 6.36 Å². The van der Waals surface area contributed by atoms with E-state index in [1.54, 1.807) is 6.92 Å². The second-order valence-electron chi connectivity index (χ2n) is 6.17. The molecule has 12 heteroatoms. The van der Waals surface area contributed by atoms with Crippen LogP contribution < -0.4 is 14.4 Å². The van der Waals surface area contributed by atoms with E-state index in [2.05, 4.69) is 10.1 Å². The van der Waals surface area contributed by atoms with E-state index in [0.717, 1.165) is 22.7 Å². The van der Waals surface area contributed by atoms with Gasteiger partial charge in [0.25, 0.3) is 0 Å². The van der Waals surface area contributed by atoms with E-state index in [0.29, 0.717) is 0 Å². The van der Waals surface area contributed by atoms with E-state index in [9.17, 15) is 26.4 Å². The number of carbonyl (C=O) groups excluding carboxylic acids is 1. The zero-order chi connectivity index (χ0) is 22.7. The quantitative estimate of drug-likeness (QED) is 0.594. The lowest BCUT2D eigenvalue weighted by atomic mass is 10.1. The number of hydrogen-bond donors (Lipinski definition) is 1. The minimum absolute atomic E-state index is 0.0955. The van der Waals surface area contributed by atoms with E-state index in [1.165, 1.54) is 30.3 Å². The highest BCUT2D eigenvalue weighted by atomic mass is 35.5. The van der Waals surface area contributed by atoms with Crippen LogP contribution in [0.2, 0.25) is 10.0 Å². The number of rotatable bonds is 7. The van der Waals surface area contributed by atoms with E-state index < -0.39 is 34.1 Å². The van der Waals surface area contributed by atoms with Crippen LogP contribution in [0.5, 0.6) is 5.75 Å². The molecule has 6 nitrogen and oxygen atoms in total. The SMILES string of the molecule is CC[C@H](C(=O)Nc1ccc(OC(F)(F)F)cc1)N(c1cc(Cl)cc(Cl)c1)S(C)(=O)=O. The summed E-state index contributed by atoms with van der Waals surface area (Å²) in [4.78, 5) is 12.8. The second-order valence-corrected chi connectivity index (χ2v) is 8.90. The molecule has 0 radical (unpaired) electrons. The van der Waals surface area contributed by atoms with Gasteiger partial charge < -0.3 is 10.1 Å². The zero-order valence-corrected chi connectivity index (χ0v) is 18.0. The molecule has 0 aromatic heterocycles. The molecule has 164 valence electrons. The molecule has 0 spiro atoms. The normalized spacial score (nSPS) is 12.9. The van der Waals surface area contributed by atoms with E-state index >= 15 is 0 Å². The fourth-order valence-corrected chi connectivity index (χ4v) is 4.40. The third-order valence-electron chi connectivity index (χ3n) is 3.79. The van der Waals surface area contributed by atoms with Crippen LogP contribution in [0.15, 0.2) is 42.5 Å². The first-order valence-electron chi connectivity index (χ1n) is 8.42. The summed E-state index contributed by atoms with van der Waals surface area (Å²) in [6.45, 7) is 1.61. The van der Waals surface area contributed by atoms with E-state index in [-0.39, 0.29) is 27.8 Å². The molecule has 0 saturated heterocycles. The van der Waals surface area contributed by atoms with Crippen molar-refractivity contribution < 1.29 is 31.1 Å². The number of halogens is 5. The maximum absolute atomic E-state index is 12.8. The van der Waals surface area contributed by atoms with E-state index in [4.69, 9.17) is 23.2 Å². The van der Waals surface area contributed by atoms with Gasteiger partial charge in [-0.2, -0.15) is 0 Å². The topological polar surface area (TPSA) is 75.7 Å². The van der Waals surface area contributed by atoms with Crippen LogP contribution in [0, 0.1) is 0 Å². The molecular formula is C18H17Cl2F3N2O4S. The molecular weight excluding hydrogens is 468 g/mol. The molecule has 1 N–H and O–H groups in total. The number of hydrogen-bond acceptors (Lipinski definition) is 4. The fourth-order valence-electron chi connectivity index (χ4n) is 2.69. The van der Waals surface area contributed by atoms with Crippen LogP contribution >= 0.6 is 23.2 Å². The van der Waals surface area contributed by atoms with Crippen molar-refractivity contribution in [2.24, 2.45) is 0 Å². The number of alkyl halides is 3. The molecule has 0 heterocycles. The predicted molar refractivity (Wildman–Crippen MR) is 110 cm³/mol. The van der Waals surface area contributed by atoms with Crippen molar-refractivity contribution >= 4 is 50.5 Å². The van der Waals surface area contributed by atoms with Crippen LogP contribution in [0.25, 0.3) is 0 Å². The van der Waals surface area contributed by atoms with Gasteiger partial charge in [-0.15, -0.1) is 13.2 Å². The summed E-state index contributed by atoms with van der Waals surface area (Å²) in [7, 11) is -3.92. The monoisotopic (exact) mass is 484 g/mol. The molecule has 0 unspecified atom stereocenters. The summed E-state index contributed by atoms with van der Waals surface area (Å²) in [6.07, 6.45) is -3.81. The highest BCUT2D eigenvalue weighted by molar-refractivity contribution is 7.92. The minimum atomic E-state index is -4.84. The maximum Gasteiger partial charge on any atom is 0.573 e. The molecule has 2 aromatic carbocycles. The zero-order valence-electron chi connectivity index (χ0n) is 15.7. The largest absolute Gasteiger partial charge is 0.573 e. The Morgan fingerprint density at radius 1 is 1.13 bits per heavy atom. The fraction of sp³-hybridized carbons (Fsp3) is 0.278. The van der Waals surface area contributed by atoms with Gasteiger partial charge in [0.05, 0.1) is 11.9 Å². The molecule has 0 fully saturated rings. The summed E-state index contributed by atoms with van der Waals surface area (Å²) >= 11 is 11.9. The molecule has 0 aliphatic heterocycles. The number of nitrogens with one attached hydrogen (secondary N) is 1. The van der Waals surface area contributed by atoms with Crippen molar-refractivity contribution in [2.45, 2.75) is 25.7 Å². The van der Waals surface area contributed by atoms with Crippen LogP contribution in [-0.4, -0.2) is 33.0 Å². The highest BCUT2D eigenvalue weighted by Gasteiger charge is 2.33. The van der Waals surface area contributed by atoms with Crippen molar-refractivity contribution in [3.8, 4) is 5.75 Å². The van der Waals surface area contributed by atoms with Crippen LogP contribution in [0.1, 0.15) is 13.3 Å². The Bertz CT molecular complexity index is 995. The Morgan fingerprint density at radius 2 is 1.67 bits per heavy atom. The van der Waals surface area contributed by atoms with Gasteiger partial charge in [-0.3, -0.25) is 9.10 Å². The minimum Gasteiger partial charge on any atom is -0.406 e. The van der Waals surface area contributed by atoms with Crippen molar-refractivity contribution in [2.75, 3.05) is 15.9 Å². The van der Waals surface area contributed by atoms with Crippen molar-refractivity contribution in [1.82, 2.24) is 0 Å². The van der Waals surface area contributed by atoms with Crippen molar-refractivity contribution in [3.05, 3.63) is 52.5 Å². The predicted octanol–water partition coefficient (Wildman–Crippen LogP) is 5.08. The molecule has 0 aliphatic rings. The smallest absolute Gasteiger partial charge is 0.406 e. The van der Waals surface area contributed by atoms with Gasteiger partial charge in [-0.1, -0.05) is 30.1 Å². The van der Waals surface area contributed by atoms with Crippen LogP contribution in [0.4, 0.5) is 24.5 Å². The number of nitrogens with zero attached hydrogens (tertiary/aromatic N) is 1. The molecule has 1 amide bonds. The average Bonchev–Trinajstić information content (AvgIpc) is 2.57. The van der Waals surface area contributed by atoms with Crippen molar-refractivity contribution in [1.29, 1.82) is 0 Å². The molecule has 0 aliphatic carbocycles. The first kappa shape index (κ1) is 24.1. The third-order valence-corrected chi connectivity index (χ3v) is 5.40. The number of carbonyl (C=O) groups is 1. The van der Waals surface area contributed by atoms with Crippen molar-refractivity contribution in [3.63, 3.8) is 0 Å². The lowest BCUT2D eigenvalue weighted by Crippen LogP contribution is -2.47. The first-order valence-corrected chi connectivity index (χ1v) is 11.0. The van der Waals surface area contributed by atoms with E-state index in [1.807, 2.05) is 0 Å². The number of amides is 1. The Hall–Kier alpha value is -2.17. The Labute approximate surface area is 181 Å². The van der Waals surface area contributed by atoms with Gasteiger partial charge in [-0.25, -0.2) is 8.42 Å². The summed E-state index contributed by atoms with van der Waals surface area (Å²) in [5, 5.41) is 2.85. The van der Waals surface area contributed by atoms with Crippen LogP contribution in [-0.2, 0) is 14.8 Å². The molecule has 0 bridgehead atoms. The molecule has 2 aromatic rings. The average molecular weight is 485 g/mol. The molecule has 2 rings (SSSR count). The van der Waals surface area contributed by atoms with Gasteiger partial charge in [-0.05, 0) is 48.9 Å². The summed E-state index contributed by atoms with van der Waals surface area (Å²) in [5.74, 6) is -1.15. The Morgan fingerprint density at radius 3 is 2.10 bits per heavy atom. The first-order chi connectivity index (χ1) is 13.8. The molecule has 0 saturated carbocycles. The van der Waals surface area contributed by atoms with Gasteiger partial charge in [0.15, 0.2) is 0 Å². The van der Waals surface area contributed by atoms with Crippen LogP contribution in [0.3, 0.4) is 0 Å². The Balaban J connectivity index is 2.30. The van der Waals surface area contributed by atoms with Gasteiger partial charge in [0.1, 0.15) is 11.8 Å². The second kappa shape index (κ2) is 9.32. The molecule has 1 atom stereocenters. The van der Waals surface area contributed by atoms with Gasteiger partial charge in [0.2, 0.25) is 15.9 Å². The standard InChI is InChI=1S/C18H17Cl2F3N2O4S/c1-3-16(25(30(2,27)28)14-9-11(19)8-12(20)10-14)17(26)24-13-4-6-15(7-5-13)29-18(21,22)23/h4-10,16H,3H2,1-2H3,(H,24,26)/t16-/m1/s1. The number of benzene rings is 2. The maximum atomic E-state index is 12.8. The lowest BCUT2D eigenvalue weighted by molar-refractivity contribution is -0.274. The summed E-state index contributed by atoms with van der Waals surface area (Å²) in [6, 6.07) is 7.41. The number of sulfonamides is 1. The number of ether oxygens (including phenoxy) is 1. The number of anilines is 2. The van der Waals surface area contributed by atoms with Gasteiger partial charge in [0, 0.05) is 15.7 Å². The summed E-state index contributed by atoms with van der Waals surface area (Å²) < 4.78 is 66.3.